The Labute approximate surface area is 143 Å². The third kappa shape index (κ3) is 2.71. The van der Waals surface area contributed by atoms with Gasteiger partial charge in [-0.25, -0.2) is 0 Å². The molecule has 1 aromatic carbocycles. The lowest BCUT2D eigenvalue weighted by atomic mass is 9.78. The van der Waals surface area contributed by atoms with Crippen LogP contribution in [0, 0.1) is 22.0 Å². The van der Waals surface area contributed by atoms with Crippen LogP contribution in [0.25, 0.3) is 0 Å². The number of hydrogen-bond acceptors (Lipinski definition) is 5. The van der Waals surface area contributed by atoms with E-state index in [9.17, 15) is 19.7 Å². The predicted molar refractivity (Wildman–Crippen MR) is 86.9 cm³/mol. The Balaban J connectivity index is 2.11. The van der Waals surface area contributed by atoms with E-state index >= 15 is 0 Å². The zero-order valence-electron chi connectivity index (χ0n) is 13.1. The summed E-state index contributed by atoms with van der Waals surface area (Å²) in [5, 5.41) is 11.4. The van der Waals surface area contributed by atoms with Crippen LogP contribution in [0.2, 0.25) is 5.02 Å². The summed E-state index contributed by atoms with van der Waals surface area (Å²) < 4.78 is 5.40. The summed E-state index contributed by atoms with van der Waals surface area (Å²) in [7, 11) is 1.44. The highest BCUT2D eigenvalue weighted by molar-refractivity contribution is 6.32. The molecule has 0 N–H and O–H groups in total. The minimum absolute atomic E-state index is 0.0398. The van der Waals surface area contributed by atoms with Crippen molar-refractivity contribution in [3.05, 3.63) is 50.2 Å². The maximum atomic E-state index is 12.9. The van der Waals surface area contributed by atoms with Crippen molar-refractivity contribution >= 4 is 28.9 Å². The highest BCUT2D eigenvalue weighted by Gasteiger charge is 2.43. The number of rotatable bonds is 4. The van der Waals surface area contributed by atoms with E-state index in [1.165, 1.54) is 19.2 Å². The number of halogens is 1. The fraction of sp³-hybridized carbons (Fsp3) is 0.412. The van der Waals surface area contributed by atoms with E-state index in [0.717, 1.165) is 25.3 Å². The molecule has 0 radical (unpaired) electrons. The van der Waals surface area contributed by atoms with Crippen molar-refractivity contribution in [1.29, 1.82) is 0 Å². The van der Waals surface area contributed by atoms with Crippen molar-refractivity contribution in [2.75, 3.05) is 7.11 Å². The van der Waals surface area contributed by atoms with Gasteiger partial charge in [0.05, 0.1) is 12.0 Å². The summed E-state index contributed by atoms with van der Waals surface area (Å²) >= 11 is 5.79. The number of nitro groups is 1. The molecule has 0 spiro atoms. The van der Waals surface area contributed by atoms with Gasteiger partial charge in [0.2, 0.25) is 5.78 Å². The lowest BCUT2D eigenvalue weighted by Gasteiger charge is -2.28. The van der Waals surface area contributed by atoms with Crippen LogP contribution < -0.4 is 0 Å². The van der Waals surface area contributed by atoms with Crippen molar-refractivity contribution in [2.45, 2.75) is 25.7 Å². The summed E-state index contributed by atoms with van der Waals surface area (Å²) in [5.74, 6) is -0.347. The highest BCUT2D eigenvalue weighted by atomic mass is 35.5. The number of ether oxygens (including phenoxy) is 1. The lowest BCUT2D eigenvalue weighted by molar-refractivity contribution is -0.385. The number of carbonyl (C=O) groups is 2. The molecule has 1 fully saturated rings. The van der Waals surface area contributed by atoms with Gasteiger partial charge < -0.3 is 4.74 Å². The summed E-state index contributed by atoms with van der Waals surface area (Å²) in [6.45, 7) is 0. The number of hydrogen-bond donors (Lipinski definition) is 0. The number of nitrogens with zero attached hydrogens (tertiary/aromatic N) is 1. The molecule has 0 aromatic heterocycles. The highest BCUT2D eigenvalue weighted by Crippen LogP contribution is 2.45. The third-order valence-electron chi connectivity index (χ3n) is 4.82. The van der Waals surface area contributed by atoms with Crippen LogP contribution in [-0.4, -0.2) is 23.6 Å². The number of nitro benzene ring substituents is 1. The maximum absolute atomic E-state index is 12.9. The molecule has 0 amide bonds. The van der Waals surface area contributed by atoms with Gasteiger partial charge in [-0.3, -0.25) is 19.7 Å². The molecule has 7 heteroatoms. The van der Waals surface area contributed by atoms with E-state index in [1.54, 1.807) is 0 Å². The first-order valence-corrected chi connectivity index (χ1v) is 8.11. The molecule has 2 atom stereocenters. The number of fused-ring (bicyclic) bond motifs is 1. The predicted octanol–water partition coefficient (Wildman–Crippen LogP) is 3.72. The average molecular weight is 350 g/mol. The zero-order valence-corrected chi connectivity index (χ0v) is 13.8. The molecular weight excluding hydrogens is 334 g/mol. The lowest BCUT2D eigenvalue weighted by Crippen LogP contribution is -2.29. The topological polar surface area (TPSA) is 86.5 Å². The minimum atomic E-state index is -0.669. The number of Topliss-reactive ketones (excluding diaryl/α,β-unsaturated/α-hetero) is 2. The van der Waals surface area contributed by atoms with Crippen LogP contribution in [0.3, 0.4) is 0 Å². The van der Waals surface area contributed by atoms with Crippen molar-refractivity contribution in [3.63, 3.8) is 0 Å². The molecule has 0 bridgehead atoms. The van der Waals surface area contributed by atoms with Gasteiger partial charge in [-0.2, -0.15) is 0 Å². The molecule has 2 aliphatic carbocycles. The third-order valence-corrected chi connectivity index (χ3v) is 5.05. The minimum Gasteiger partial charge on any atom is -0.500 e. The first-order valence-electron chi connectivity index (χ1n) is 7.74. The SMILES string of the molecule is COC1=C(C(=O)c2ccc(Cl)cc2[N+](=O)[O-])C(=O)CC2CCCC12. The van der Waals surface area contributed by atoms with Crippen molar-refractivity contribution in [2.24, 2.45) is 11.8 Å². The average Bonchev–Trinajstić information content (AvgIpc) is 3.00. The van der Waals surface area contributed by atoms with Gasteiger partial charge in [0.25, 0.3) is 5.69 Å². The number of carbonyl (C=O) groups excluding carboxylic acids is 2. The Kier molecular flexibility index (Phi) is 4.41. The monoisotopic (exact) mass is 349 g/mol. The standard InChI is InChI=1S/C17H16ClNO5/c1-24-17-11-4-2-3-9(11)7-14(20)15(17)16(21)12-6-5-10(18)8-13(12)19(22)23/h5-6,8-9,11H,2-4,7H2,1H3. The first-order chi connectivity index (χ1) is 11.4. The number of benzene rings is 1. The Morgan fingerprint density at radius 1 is 1.38 bits per heavy atom. The molecule has 6 nitrogen and oxygen atoms in total. The van der Waals surface area contributed by atoms with Crippen molar-refractivity contribution in [3.8, 4) is 0 Å². The number of allylic oxidation sites excluding steroid dienone is 2. The van der Waals surface area contributed by atoms with E-state index in [0.29, 0.717) is 12.2 Å². The van der Waals surface area contributed by atoms with Gasteiger partial charge in [-0.1, -0.05) is 18.0 Å². The van der Waals surface area contributed by atoms with E-state index in [1.807, 2.05) is 0 Å². The second-order valence-corrected chi connectivity index (χ2v) is 6.55. The Morgan fingerprint density at radius 3 is 2.79 bits per heavy atom. The molecule has 0 heterocycles. The van der Waals surface area contributed by atoms with Gasteiger partial charge in [-0.15, -0.1) is 0 Å². The van der Waals surface area contributed by atoms with E-state index in [2.05, 4.69) is 0 Å². The van der Waals surface area contributed by atoms with Crippen molar-refractivity contribution in [1.82, 2.24) is 0 Å². The van der Waals surface area contributed by atoms with Gasteiger partial charge in [-0.05, 0) is 30.9 Å². The van der Waals surface area contributed by atoms with Gasteiger partial charge in [0.15, 0.2) is 5.78 Å². The molecule has 1 saturated carbocycles. The number of methoxy groups -OCH3 is 1. The van der Waals surface area contributed by atoms with Crippen LogP contribution in [0.15, 0.2) is 29.5 Å². The molecule has 24 heavy (non-hydrogen) atoms. The second-order valence-electron chi connectivity index (χ2n) is 6.12. The summed E-state index contributed by atoms with van der Waals surface area (Å²) in [6, 6.07) is 3.81. The molecule has 0 saturated heterocycles. The van der Waals surface area contributed by atoms with E-state index in [4.69, 9.17) is 16.3 Å². The normalized spacial score (nSPS) is 23.2. The van der Waals surface area contributed by atoms with Crippen LogP contribution in [0.5, 0.6) is 0 Å². The molecule has 2 aliphatic rings. The molecule has 1 aromatic rings. The maximum Gasteiger partial charge on any atom is 0.282 e. The molecule has 126 valence electrons. The molecule has 0 aliphatic heterocycles. The van der Waals surface area contributed by atoms with Gasteiger partial charge in [0, 0.05) is 23.4 Å². The quantitative estimate of drug-likeness (QED) is 0.358. The van der Waals surface area contributed by atoms with Crippen LogP contribution in [0.1, 0.15) is 36.0 Å². The fourth-order valence-corrected chi connectivity index (χ4v) is 3.93. The first kappa shape index (κ1) is 16.6. The summed E-state index contributed by atoms with van der Waals surface area (Å²) in [4.78, 5) is 36.0. The molecular formula is C17H16ClNO5. The van der Waals surface area contributed by atoms with E-state index < -0.39 is 16.4 Å². The summed E-state index contributed by atoms with van der Waals surface area (Å²) in [6.07, 6.45) is 3.07. The zero-order chi connectivity index (χ0) is 17.4. The van der Waals surface area contributed by atoms with Crippen LogP contribution >= 0.6 is 11.6 Å². The largest absolute Gasteiger partial charge is 0.500 e. The second kappa shape index (κ2) is 6.36. The van der Waals surface area contributed by atoms with Crippen LogP contribution in [0.4, 0.5) is 5.69 Å². The summed E-state index contributed by atoms with van der Waals surface area (Å²) in [5.41, 5.74) is -0.596. The smallest absolute Gasteiger partial charge is 0.282 e. The Morgan fingerprint density at radius 2 is 2.12 bits per heavy atom. The fourth-order valence-electron chi connectivity index (χ4n) is 3.76. The Hall–Kier alpha value is -2.21. The molecule has 2 unspecified atom stereocenters. The molecule has 3 rings (SSSR count). The number of ketones is 2. The van der Waals surface area contributed by atoms with E-state index in [-0.39, 0.29) is 33.8 Å². The van der Waals surface area contributed by atoms with Crippen molar-refractivity contribution < 1.29 is 19.2 Å². The van der Waals surface area contributed by atoms with Gasteiger partial charge in [0.1, 0.15) is 16.9 Å². The van der Waals surface area contributed by atoms with Crippen LogP contribution in [-0.2, 0) is 9.53 Å². The van der Waals surface area contributed by atoms with Gasteiger partial charge >= 0.3 is 0 Å². The Bertz CT molecular complexity index is 770.